The van der Waals surface area contributed by atoms with Gasteiger partial charge in [-0.2, -0.15) is 0 Å². The number of amides is 1. The van der Waals surface area contributed by atoms with Gasteiger partial charge in [0.25, 0.3) is 0 Å². The molecule has 27 heavy (non-hydrogen) atoms. The van der Waals surface area contributed by atoms with Crippen molar-refractivity contribution in [1.82, 2.24) is 10.3 Å². The quantitative estimate of drug-likeness (QED) is 0.798. The predicted molar refractivity (Wildman–Crippen MR) is 100 cm³/mol. The molecule has 1 aromatic carbocycles. The van der Waals surface area contributed by atoms with E-state index in [0.717, 1.165) is 16.1 Å². The molecule has 0 spiro atoms. The molecule has 0 aliphatic carbocycles. The summed E-state index contributed by atoms with van der Waals surface area (Å²) in [7, 11) is -3.71. The zero-order valence-corrected chi connectivity index (χ0v) is 15.9. The molecule has 1 aromatic heterocycles. The van der Waals surface area contributed by atoms with E-state index in [-0.39, 0.29) is 6.54 Å². The van der Waals surface area contributed by atoms with Crippen molar-refractivity contribution in [2.75, 3.05) is 23.8 Å². The van der Waals surface area contributed by atoms with Crippen molar-refractivity contribution in [2.45, 2.75) is 19.5 Å². The summed E-state index contributed by atoms with van der Waals surface area (Å²) >= 11 is 0. The number of hydrogen-bond donors (Lipinski definition) is 1. The Kier molecular flexibility index (Phi) is 5.50. The van der Waals surface area contributed by atoms with Crippen LogP contribution in [0.1, 0.15) is 12.5 Å². The second kappa shape index (κ2) is 7.83. The molecule has 144 valence electrons. The topological polar surface area (TPSA) is 97.8 Å². The highest BCUT2D eigenvalue weighted by Crippen LogP contribution is 2.35. The number of benzene rings is 1. The highest BCUT2D eigenvalue weighted by Gasteiger charge is 2.30. The molecule has 1 N–H and O–H groups in total. The zero-order chi connectivity index (χ0) is 19.4. The van der Waals surface area contributed by atoms with Gasteiger partial charge < -0.3 is 14.8 Å². The molecule has 0 bridgehead atoms. The van der Waals surface area contributed by atoms with Gasteiger partial charge in [0.1, 0.15) is 19.3 Å². The van der Waals surface area contributed by atoms with E-state index in [0.29, 0.717) is 30.4 Å². The summed E-state index contributed by atoms with van der Waals surface area (Å²) in [6.45, 7) is 2.62. The fourth-order valence-electron chi connectivity index (χ4n) is 2.82. The molecule has 1 aliphatic rings. The van der Waals surface area contributed by atoms with Crippen LogP contribution in [0.15, 0.2) is 42.7 Å². The number of rotatable bonds is 6. The van der Waals surface area contributed by atoms with E-state index < -0.39 is 22.0 Å². The number of anilines is 1. The molecule has 0 fully saturated rings. The van der Waals surface area contributed by atoms with Crippen LogP contribution in [-0.2, 0) is 21.4 Å². The van der Waals surface area contributed by atoms with Gasteiger partial charge in [0.15, 0.2) is 11.5 Å². The molecule has 0 saturated heterocycles. The van der Waals surface area contributed by atoms with E-state index in [1.807, 2.05) is 6.07 Å². The minimum absolute atomic E-state index is 0.260. The van der Waals surface area contributed by atoms with Gasteiger partial charge in [0.2, 0.25) is 15.9 Å². The maximum Gasteiger partial charge on any atom is 0.243 e. The van der Waals surface area contributed by atoms with Crippen molar-refractivity contribution >= 4 is 21.6 Å². The van der Waals surface area contributed by atoms with Crippen molar-refractivity contribution in [3.05, 3.63) is 48.3 Å². The van der Waals surface area contributed by atoms with Crippen LogP contribution >= 0.6 is 0 Å². The first-order chi connectivity index (χ1) is 12.9. The van der Waals surface area contributed by atoms with Crippen molar-refractivity contribution in [2.24, 2.45) is 0 Å². The maximum absolute atomic E-state index is 12.6. The minimum atomic E-state index is -3.71. The average Bonchev–Trinajstić information content (AvgIpc) is 2.65. The highest BCUT2D eigenvalue weighted by molar-refractivity contribution is 7.92. The number of nitrogens with zero attached hydrogens (tertiary/aromatic N) is 2. The predicted octanol–water partition coefficient (Wildman–Crippen LogP) is 1.32. The molecule has 0 unspecified atom stereocenters. The number of ether oxygens (including phenoxy) is 2. The van der Waals surface area contributed by atoms with Crippen LogP contribution in [0, 0.1) is 0 Å². The third kappa shape index (κ3) is 4.48. The molecule has 1 aliphatic heterocycles. The lowest BCUT2D eigenvalue weighted by molar-refractivity contribution is -0.122. The van der Waals surface area contributed by atoms with Gasteiger partial charge in [-0.05, 0) is 30.7 Å². The summed E-state index contributed by atoms with van der Waals surface area (Å²) in [5.41, 5.74) is 1.16. The summed E-state index contributed by atoms with van der Waals surface area (Å²) in [6.07, 6.45) is 4.34. The largest absolute Gasteiger partial charge is 0.486 e. The van der Waals surface area contributed by atoms with E-state index in [1.165, 1.54) is 6.92 Å². The molecule has 1 atom stereocenters. The van der Waals surface area contributed by atoms with Gasteiger partial charge in [-0.15, -0.1) is 0 Å². The first kappa shape index (κ1) is 19.0. The lowest BCUT2D eigenvalue weighted by Gasteiger charge is -2.29. The first-order valence-corrected chi connectivity index (χ1v) is 10.3. The first-order valence-electron chi connectivity index (χ1n) is 8.42. The van der Waals surface area contributed by atoms with E-state index in [2.05, 4.69) is 10.3 Å². The monoisotopic (exact) mass is 391 g/mol. The summed E-state index contributed by atoms with van der Waals surface area (Å²) in [6, 6.07) is 7.46. The number of aromatic nitrogens is 1. The zero-order valence-electron chi connectivity index (χ0n) is 15.1. The molecule has 2 heterocycles. The number of hydrogen-bond acceptors (Lipinski definition) is 6. The summed E-state index contributed by atoms with van der Waals surface area (Å²) in [5, 5.41) is 2.74. The highest BCUT2D eigenvalue weighted by atomic mass is 32.2. The van der Waals surface area contributed by atoms with Crippen LogP contribution in [0.5, 0.6) is 11.5 Å². The summed E-state index contributed by atoms with van der Waals surface area (Å²) in [4.78, 5) is 16.6. The Labute approximate surface area is 158 Å². The van der Waals surface area contributed by atoms with Crippen LogP contribution in [0.4, 0.5) is 5.69 Å². The Morgan fingerprint density at radius 2 is 2.00 bits per heavy atom. The Morgan fingerprint density at radius 1 is 1.26 bits per heavy atom. The number of sulfonamides is 1. The smallest absolute Gasteiger partial charge is 0.243 e. The molecule has 1 amide bonds. The van der Waals surface area contributed by atoms with Crippen molar-refractivity contribution in [3.8, 4) is 11.5 Å². The normalized spacial score (nSPS) is 14.3. The average molecular weight is 391 g/mol. The van der Waals surface area contributed by atoms with E-state index in [9.17, 15) is 13.2 Å². The summed E-state index contributed by atoms with van der Waals surface area (Å²) in [5.74, 6) is 0.585. The minimum Gasteiger partial charge on any atom is -0.486 e. The fraction of sp³-hybridized carbons (Fsp3) is 0.333. The molecular formula is C18H21N3O5S. The number of nitrogens with one attached hydrogen (secondary N) is 1. The Balaban J connectivity index is 1.81. The SMILES string of the molecule is C[C@H](C(=O)NCc1cccnc1)N(c1ccc2c(c1)OCCO2)S(C)(=O)=O. The van der Waals surface area contributed by atoms with Gasteiger partial charge in [-0.25, -0.2) is 8.42 Å². The summed E-state index contributed by atoms with van der Waals surface area (Å²) < 4.78 is 36.8. The van der Waals surface area contributed by atoms with Crippen molar-refractivity contribution < 1.29 is 22.7 Å². The number of pyridine rings is 1. The van der Waals surface area contributed by atoms with E-state index >= 15 is 0 Å². The van der Waals surface area contributed by atoms with Crippen LogP contribution in [0.2, 0.25) is 0 Å². The van der Waals surface area contributed by atoms with Crippen LogP contribution < -0.4 is 19.1 Å². The Hall–Kier alpha value is -2.81. The standard InChI is InChI=1S/C18H21N3O5S/c1-13(18(22)20-12-14-4-3-7-19-11-14)21(27(2,23)24)15-5-6-16-17(10-15)26-9-8-25-16/h3-7,10-11,13H,8-9,12H2,1-2H3,(H,20,22)/t13-/m1/s1. The van der Waals surface area contributed by atoms with Crippen LogP contribution in [-0.4, -0.2) is 44.8 Å². The van der Waals surface area contributed by atoms with Gasteiger partial charge in [-0.1, -0.05) is 6.07 Å². The van der Waals surface area contributed by atoms with Gasteiger partial charge in [0.05, 0.1) is 11.9 Å². The van der Waals surface area contributed by atoms with Gasteiger partial charge in [-0.3, -0.25) is 14.1 Å². The van der Waals surface area contributed by atoms with Gasteiger partial charge >= 0.3 is 0 Å². The fourth-order valence-corrected chi connectivity index (χ4v) is 3.98. The molecule has 2 aromatic rings. The molecule has 8 nitrogen and oxygen atoms in total. The van der Waals surface area contributed by atoms with Crippen molar-refractivity contribution in [3.63, 3.8) is 0 Å². The number of fused-ring (bicyclic) bond motifs is 1. The Bertz CT molecular complexity index is 918. The van der Waals surface area contributed by atoms with Crippen LogP contribution in [0.3, 0.4) is 0 Å². The lowest BCUT2D eigenvalue weighted by atomic mass is 10.2. The van der Waals surface area contributed by atoms with E-state index in [4.69, 9.17) is 9.47 Å². The van der Waals surface area contributed by atoms with Crippen LogP contribution in [0.25, 0.3) is 0 Å². The van der Waals surface area contributed by atoms with Crippen molar-refractivity contribution in [1.29, 1.82) is 0 Å². The lowest BCUT2D eigenvalue weighted by Crippen LogP contribution is -2.47. The van der Waals surface area contributed by atoms with Gasteiger partial charge in [0, 0.05) is 25.0 Å². The molecule has 0 radical (unpaired) electrons. The third-order valence-electron chi connectivity index (χ3n) is 4.06. The molecule has 0 saturated carbocycles. The second-order valence-electron chi connectivity index (χ2n) is 6.14. The van der Waals surface area contributed by atoms with E-state index in [1.54, 1.807) is 36.7 Å². The maximum atomic E-state index is 12.6. The second-order valence-corrected chi connectivity index (χ2v) is 8.00. The number of carbonyl (C=O) groups is 1. The molecular weight excluding hydrogens is 370 g/mol. The molecule has 9 heteroatoms. The Morgan fingerprint density at radius 3 is 2.67 bits per heavy atom. The third-order valence-corrected chi connectivity index (χ3v) is 5.30. The number of carbonyl (C=O) groups excluding carboxylic acids is 1. The molecule has 3 rings (SSSR count).